The molecule has 0 bridgehead atoms. The molecule has 0 saturated carbocycles. The summed E-state index contributed by atoms with van der Waals surface area (Å²) in [5.74, 6) is 0.838. The molecule has 0 unspecified atom stereocenters. The minimum absolute atomic E-state index is 0.151. The van der Waals surface area contributed by atoms with E-state index in [0.717, 1.165) is 10.6 Å². The van der Waals surface area contributed by atoms with Crippen molar-refractivity contribution in [1.29, 1.82) is 0 Å². The Bertz CT molecular complexity index is 1080. The first kappa shape index (κ1) is 20.7. The van der Waals surface area contributed by atoms with Crippen LogP contribution < -0.4 is 19.5 Å². The number of thiazole rings is 1. The number of carbonyl (C=O) groups excluding carboxylic acids is 2. The van der Waals surface area contributed by atoms with Gasteiger partial charge in [-0.05, 0) is 18.2 Å². The molecule has 4 rings (SSSR count). The van der Waals surface area contributed by atoms with Gasteiger partial charge >= 0.3 is 0 Å². The van der Waals surface area contributed by atoms with E-state index >= 15 is 0 Å². The molecular formula is C21H21N3O6S. The van der Waals surface area contributed by atoms with Gasteiger partial charge in [-0.3, -0.25) is 14.9 Å². The third kappa shape index (κ3) is 4.06. The van der Waals surface area contributed by atoms with E-state index in [4.69, 9.17) is 18.6 Å². The molecule has 0 aliphatic carbocycles. The van der Waals surface area contributed by atoms with Gasteiger partial charge in [0.25, 0.3) is 11.8 Å². The van der Waals surface area contributed by atoms with Crippen LogP contribution in [0.2, 0.25) is 0 Å². The second kappa shape index (κ2) is 8.68. The molecular weight excluding hydrogens is 422 g/mol. The van der Waals surface area contributed by atoms with Crippen LogP contribution in [0.4, 0.5) is 5.13 Å². The maximum atomic E-state index is 13.2. The monoisotopic (exact) mass is 443 g/mol. The predicted octanol–water partition coefficient (Wildman–Crippen LogP) is 3.21. The summed E-state index contributed by atoms with van der Waals surface area (Å²) < 4.78 is 21.0. The minimum Gasteiger partial charge on any atom is -0.493 e. The topological polar surface area (TPSA) is 103 Å². The molecule has 1 aliphatic heterocycles. The number of fused-ring (bicyclic) bond motifs is 1. The van der Waals surface area contributed by atoms with Gasteiger partial charge in [-0.2, -0.15) is 0 Å². The van der Waals surface area contributed by atoms with E-state index in [1.54, 1.807) is 23.1 Å². The SMILES string of the molecule is COc1cc(C(=O)N2CCc3nc(NC(=O)c4ccoc4)sc3C2)cc(OC)c1OC. The van der Waals surface area contributed by atoms with E-state index < -0.39 is 0 Å². The molecule has 1 aromatic carbocycles. The van der Waals surface area contributed by atoms with Crippen LogP contribution in [0.1, 0.15) is 31.3 Å². The number of carbonyl (C=O) groups is 2. The molecule has 2 aromatic heterocycles. The Morgan fingerprint density at radius 3 is 2.48 bits per heavy atom. The number of benzene rings is 1. The fourth-order valence-corrected chi connectivity index (χ4v) is 4.39. The third-order valence-corrected chi connectivity index (χ3v) is 5.93. The fourth-order valence-electron chi connectivity index (χ4n) is 3.37. The van der Waals surface area contributed by atoms with Gasteiger partial charge in [-0.25, -0.2) is 4.98 Å². The predicted molar refractivity (Wildman–Crippen MR) is 113 cm³/mol. The Morgan fingerprint density at radius 2 is 1.87 bits per heavy atom. The lowest BCUT2D eigenvalue weighted by atomic mass is 10.1. The van der Waals surface area contributed by atoms with Crippen LogP contribution in [-0.2, 0) is 13.0 Å². The van der Waals surface area contributed by atoms with Crippen molar-refractivity contribution in [3.05, 3.63) is 52.4 Å². The summed E-state index contributed by atoms with van der Waals surface area (Å²) in [6.07, 6.45) is 3.42. The molecule has 0 atom stereocenters. The summed E-state index contributed by atoms with van der Waals surface area (Å²) in [7, 11) is 4.53. The van der Waals surface area contributed by atoms with Crippen LogP contribution in [0, 0.1) is 0 Å². The first-order valence-electron chi connectivity index (χ1n) is 9.45. The van der Waals surface area contributed by atoms with Crippen molar-refractivity contribution in [3.8, 4) is 17.2 Å². The number of ether oxygens (including phenoxy) is 3. The summed E-state index contributed by atoms with van der Waals surface area (Å²) in [6, 6.07) is 4.87. The molecule has 162 valence electrons. The van der Waals surface area contributed by atoms with E-state index in [1.807, 2.05) is 0 Å². The van der Waals surface area contributed by atoms with Gasteiger partial charge in [-0.15, -0.1) is 0 Å². The lowest BCUT2D eigenvalue weighted by Gasteiger charge is -2.26. The first-order chi connectivity index (χ1) is 15.0. The average Bonchev–Trinajstić information content (AvgIpc) is 3.46. The molecule has 2 amide bonds. The van der Waals surface area contributed by atoms with Crippen LogP contribution >= 0.6 is 11.3 Å². The van der Waals surface area contributed by atoms with Gasteiger partial charge in [-0.1, -0.05) is 11.3 Å². The highest BCUT2D eigenvalue weighted by molar-refractivity contribution is 7.15. The number of hydrogen-bond acceptors (Lipinski definition) is 8. The number of furan rings is 1. The minimum atomic E-state index is -0.287. The van der Waals surface area contributed by atoms with E-state index in [-0.39, 0.29) is 11.8 Å². The van der Waals surface area contributed by atoms with Gasteiger partial charge < -0.3 is 23.5 Å². The highest BCUT2D eigenvalue weighted by atomic mass is 32.1. The largest absolute Gasteiger partial charge is 0.493 e. The number of methoxy groups -OCH3 is 3. The third-order valence-electron chi connectivity index (χ3n) is 4.93. The van der Waals surface area contributed by atoms with Crippen LogP contribution in [-0.4, -0.2) is 49.6 Å². The molecule has 0 fully saturated rings. The van der Waals surface area contributed by atoms with E-state index in [9.17, 15) is 9.59 Å². The number of aromatic nitrogens is 1. The Balaban J connectivity index is 1.52. The lowest BCUT2D eigenvalue weighted by Crippen LogP contribution is -2.35. The van der Waals surface area contributed by atoms with Crippen molar-refractivity contribution in [1.82, 2.24) is 9.88 Å². The van der Waals surface area contributed by atoms with Crippen LogP contribution in [0.3, 0.4) is 0 Å². The number of nitrogens with one attached hydrogen (secondary N) is 1. The van der Waals surface area contributed by atoms with Crippen molar-refractivity contribution < 1.29 is 28.2 Å². The summed E-state index contributed by atoms with van der Waals surface area (Å²) in [5, 5.41) is 3.28. The average molecular weight is 443 g/mol. The standard InChI is InChI=1S/C21H21N3O6S/c1-27-15-8-13(9-16(28-2)18(15)29-3)20(26)24-6-4-14-17(10-24)31-21(22-14)23-19(25)12-5-7-30-11-12/h5,7-9,11H,4,6,10H2,1-3H3,(H,22,23,25). The molecule has 0 saturated heterocycles. The molecule has 1 N–H and O–H groups in total. The van der Waals surface area contributed by atoms with Crippen molar-refractivity contribution >= 4 is 28.3 Å². The summed E-state index contributed by atoms with van der Waals surface area (Å²) in [5.41, 5.74) is 1.75. The first-order valence-corrected chi connectivity index (χ1v) is 10.3. The fraction of sp³-hybridized carbons (Fsp3) is 0.286. The van der Waals surface area contributed by atoms with Gasteiger partial charge in [0.1, 0.15) is 6.26 Å². The van der Waals surface area contributed by atoms with Crippen molar-refractivity contribution in [2.75, 3.05) is 33.2 Å². The molecule has 9 nitrogen and oxygen atoms in total. The Hall–Kier alpha value is -3.53. The number of nitrogens with zero attached hydrogens (tertiary/aromatic N) is 2. The molecule has 10 heteroatoms. The van der Waals surface area contributed by atoms with Gasteiger partial charge in [0.15, 0.2) is 16.6 Å². The number of amides is 2. The van der Waals surface area contributed by atoms with Gasteiger partial charge in [0.05, 0.1) is 45.4 Å². The quantitative estimate of drug-likeness (QED) is 0.624. The molecule has 3 aromatic rings. The van der Waals surface area contributed by atoms with E-state index in [1.165, 1.54) is 45.2 Å². The molecule has 0 spiro atoms. The second-order valence-electron chi connectivity index (χ2n) is 6.75. The zero-order valence-electron chi connectivity index (χ0n) is 17.3. The maximum Gasteiger partial charge on any atom is 0.260 e. The summed E-state index contributed by atoms with van der Waals surface area (Å²) in [4.78, 5) is 32.6. The lowest BCUT2D eigenvalue weighted by molar-refractivity contribution is 0.0735. The smallest absolute Gasteiger partial charge is 0.260 e. The highest BCUT2D eigenvalue weighted by Crippen LogP contribution is 2.39. The van der Waals surface area contributed by atoms with Crippen molar-refractivity contribution in [2.24, 2.45) is 0 Å². The van der Waals surface area contributed by atoms with Crippen molar-refractivity contribution in [2.45, 2.75) is 13.0 Å². The Morgan fingerprint density at radius 1 is 1.13 bits per heavy atom. The second-order valence-corrected chi connectivity index (χ2v) is 7.83. The van der Waals surface area contributed by atoms with E-state index in [2.05, 4.69) is 10.3 Å². The maximum absolute atomic E-state index is 13.2. The van der Waals surface area contributed by atoms with E-state index in [0.29, 0.717) is 53.0 Å². The zero-order chi connectivity index (χ0) is 22.0. The van der Waals surface area contributed by atoms with Gasteiger partial charge in [0, 0.05) is 23.4 Å². The van der Waals surface area contributed by atoms with Gasteiger partial charge in [0.2, 0.25) is 5.75 Å². The molecule has 31 heavy (non-hydrogen) atoms. The zero-order valence-corrected chi connectivity index (χ0v) is 18.1. The molecule has 3 heterocycles. The summed E-state index contributed by atoms with van der Waals surface area (Å²) in [6.45, 7) is 0.922. The highest BCUT2D eigenvalue weighted by Gasteiger charge is 2.27. The number of rotatable bonds is 6. The molecule has 1 aliphatic rings. The van der Waals surface area contributed by atoms with Crippen LogP contribution in [0.15, 0.2) is 35.1 Å². The van der Waals surface area contributed by atoms with Crippen LogP contribution in [0.25, 0.3) is 0 Å². The van der Waals surface area contributed by atoms with Crippen LogP contribution in [0.5, 0.6) is 17.2 Å². The summed E-state index contributed by atoms with van der Waals surface area (Å²) >= 11 is 1.36. The molecule has 0 radical (unpaired) electrons. The normalized spacial score (nSPS) is 12.8. The van der Waals surface area contributed by atoms with Crippen molar-refractivity contribution in [3.63, 3.8) is 0 Å². The number of anilines is 1. The Kier molecular flexibility index (Phi) is 5.81. The number of hydrogen-bond donors (Lipinski definition) is 1. The Labute approximate surface area is 182 Å².